The van der Waals surface area contributed by atoms with Crippen LogP contribution < -0.4 is 5.32 Å². The summed E-state index contributed by atoms with van der Waals surface area (Å²) >= 11 is 6.07. The second-order valence-corrected chi connectivity index (χ2v) is 6.00. The molecule has 0 saturated heterocycles. The van der Waals surface area contributed by atoms with Crippen molar-refractivity contribution in [1.82, 2.24) is 15.1 Å². The summed E-state index contributed by atoms with van der Waals surface area (Å²) in [7, 11) is 0. The van der Waals surface area contributed by atoms with Gasteiger partial charge in [0, 0.05) is 34.9 Å². The highest BCUT2D eigenvalue weighted by Gasteiger charge is 2.19. The van der Waals surface area contributed by atoms with Gasteiger partial charge in [0.15, 0.2) is 0 Å². The molecule has 0 fully saturated rings. The van der Waals surface area contributed by atoms with Crippen LogP contribution in [0.25, 0.3) is 0 Å². The third kappa shape index (κ3) is 3.47. The van der Waals surface area contributed by atoms with Crippen molar-refractivity contribution in [2.45, 2.75) is 53.2 Å². The fourth-order valence-corrected chi connectivity index (χ4v) is 3.17. The third-order valence-electron chi connectivity index (χ3n) is 4.02. The van der Waals surface area contributed by atoms with Crippen molar-refractivity contribution < 1.29 is 0 Å². The minimum Gasteiger partial charge on any atom is -0.304 e. The lowest BCUT2D eigenvalue weighted by Gasteiger charge is -2.21. The maximum atomic E-state index is 6.07. The van der Waals surface area contributed by atoms with Gasteiger partial charge in [0.25, 0.3) is 0 Å². The van der Waals surface area contributed by atoms with Gasteiger partial charge in [-0.25, -0.2) is 0 Å². The number of nitrogens with one attached hydrogen (secondary N) is 1. The minimum absolute atomic E-state index is 0.238. The van der Waals surface area contributed by atoms with E-state index in [4.69, 9.17) is 11.6 Å². The molecule has 2 unspecified atom stereocenters. The highest BCUT2D eigenvalue weighted by Crippen LogP contribution is 2.25. The topological polar surface area (TPSA) is 29.9 Å². The molecule has 3 nitrogen and oxygen atoms in total. The smallest absolute Gasteiger partial charge is 0.0644 e. The lowest BCUT2D eigenvalue weighted by molar-refractivity contribution is 0.491. The van der Waals surface area contributed by atoms with E-state index in [1.165, 1.54) is 16.8 Å². The lowest BCUT2D eigenvalue weighted by Crippen LogP contribution is -2.23. The zero-order valence-electron chi connectivity index (χ0n) is 13.4. The Kier molecular flexibility index (Phi) is 5.07. The Balaban J connectivity index is 2.18. The molecule has 2 rings (SSSR count). The van der Waals surface area contributed by atoms with Gasteiger partial charge >= 0.3 is 0 Å². The van der Waals surface area contributed by atoms with Gasteiger partial charge < -0.3 is 5.32 Å². The van der Waals surface area contributed by atoms with E-state index < -0.39 is 0 Å². The first-order valence-electron chi connectivity index (χ1n) is 7.49. The molecule has 4 heteroatoms. The Hall–Kier alpha value is -1.32. The molecular formula is C17H24ClN3. The van der Waals surface area contributed by atoms with Crippen LogP contribution in [0.4, 0.5) is 0 Å². The summed E-state index contributed by atoms with van der Waals surface area (Å²) < 4.78 is 2.06. The van der Waals surface area contributed by atoms with E-state index in [1.807, 2.05) is 18.2 Å². The number of hydrogen-bond acceptors (Lipinski definition) is 2. The lowest BCUT2D eigenvalue weighted by atomic mass is 10.0. The first kappa shape index (κ1) is 16.1. The molecule has 114 valence electrons. The van der Waals surface area contributed by atoms with Gasteiger partial charge in [-0.2, -0.15) is 5.10 Å². The van der Waals surface area contributed by atoms with E-state index in [0.29, 0.717) is 0 Å². The predicted molar refractivity (Wildman–Crippen MR) is 88.8 cm³/mol. The molecule has 0 amide bonds. The largest absolute Gasteiger partial charge is 0.304 e. The normalized spacial score (nSPS) is 14.2. The van der Waals surface area contributed by atoms with Gasteiger partial charge in [-0.3, -0.25) is 4.68 Å². The molecule has 1 aromatic carbocycles. The van der Waals surface area contributed by atoms with Crippen molar-refractivity contribution in [3.05, 3.63) is 51.8 Å². The number of hydrogen-bond donors (Lipinski definition) is 1. The van der Waals surface area contributed by atoms with Crippen molar-refractivity contribution in [3.8, 4) is 0 Å². The summed E-state index contributed by atoms with van der Waals surface area (Å²) in [6.07, 6.45) is 0. The summed E-state index contributed by atoms with van der Waals surface area (Å²) in [5.74, 6) is 0. The Labute approximate surface area is 132 Å². The third-order valence-corrected chi connectivity index (χ3v) is 4.25. The van der Waals surface area contributed by atoms with E-state index >= 15 is 0 Å². The number of nitrogens with zero attached hydrogens (tertiary/aromatic N) is 2. The number of halogens is 1. The molecular weight excluding hydrogens is 282 g/mol. The molecule has 0 aliphatic rings. The van der Waals surface area contributed by atoms with E-state index in [1.54, 1.807) is 0 Å². The van der Waals surface area contributed by atoms with E-state index in [9.17, 15) is 0 Å². The first-order chi connectivity index (χ1) is 9.93. The van der Waals surface area contributed by atoms with Crippen molar-refractivity contribution >= 4 is 11.6 Å². The van der Waals surface area contributed by atoms with Gasteiger partial charge in [0.2, 0.25) is 0 Å². The monoisotopic (exact) mass is 305 g/mol. The van der Waals surface area contributed by atoms with Gasteiger partial charge in [0.1, 0.15) is 0 Å². The summed E-state index contributed by atoms with van der Waals surface area (Å²) in [4.78, 5) is 0. The molecule has 1 aromatic heterocycles. The van der Waals surface area contributed by atoms with E-state index in [2.05, 4.69) is 55.8 Å². The van der Waals surface area contributed by atoms with Crippen LogP contribution in [0.1, 0.15) is 55.4 Å². The van der Waals surface area contributed by atoms with E-state index in [0.717, 1.165) is 17.3 Å². The zero-order chi connectivity index (χ0) is 15.6. The maximum absolute atomic E-state index is 6.07. The molecule has 2 aromatic rings. The van der Waals surface area contributed by atoms with Gasteiger partial charge in [-0.1, -0.05) is 23.7 Å². The highest BCUT2D eigenvalue weighted by molar-refractivity contribution is 6.30. The van der Waals surface area contributed by atoms with Crippen LogP contribution in [-0.4, -0.2) is 9.78 Å². The fraction of sp³-hybridized carbons (Fsp3) is 0.471. The van der Waals surface area contributed by atoms with Gasteiger partial charge in [-0.15, -0.1) is 0 Å². The van der Waals surface area contributed by atoms with Crippen molar-refractivity contribution in [1.29, 1.82) is 0 Å². The van der Waals surface area contributed by atoms with Crippen molar-refractivity contribution in [2.24, 2.45) is 0 Å². The van der Waals surface area contributed by atoms with Crippen LogP contribution >= 0.6 is 11.6 Å². The molecule has 0 bridgehead atoms. The van der Waals surface area contributed by atoms with Crippen molar-refractivity contribution in [3.63, 3.8) is 0 Å². The van der Waals surface area contributed by atoms with Crippen LogP contribution in [0, 0.1) is 13.8 Å². The van der Waals surface area contributed by atoms with Crippen LogP contribution in [-0.2, 0) is 6.54 Å². The first-order valence-corrected chi connectivity index (χ1v) is 7.87. The summed E-state index contributed by atoms with van der Waals surface area (Å²) in [5, 5.41) is 9.02. The van der Waals surface area contributed by atoms with Crippen LogP contribution in [0.15, 0.2) is 24.3 Å². The quantitative estimate of drug-likeness (QED) is 0.876. The summed E-state index contributed by atoms with van der Waals surface area (Å²) in [6.45, 7) is 11.6. The molecule has 2 atom stereocenters. The molecule has 21 heavy (non-hydrogen) atoms. The minimum atomic E-state index is 0.238. The van der Waals surface area contributed by atoms with Crippen LogP contribution in [0.5, 0.6) is 0 Å². The standard InChI is InChI=1S/C17H24ClN3/c1-6-21-14(5)17(13(4)20-21)12(3)19-11(2)15-8-7-9-16(18)10-15/h7-12,19H,6H2,1-5H3. The average molecular weight is 306 g/mol. The Bertz CT molecular complexity index is 618. The van der Waals surface area contributed by atoms with Crippen LogP contribution in [0.2, 0.25) is 5.02 Å². The molecule has 0 spiro atoms. The zero-order valence-corrected chi connectivity index (χ0v) is 14.2. The SMILES string of the molecule is CCn1nc(C)c(C(C)NC(C)c2cccc(Cl)c2)c1C. The van der Waals surface area contributed by atoms with Crippen LogP contribution in [0.3, 0.4) is 0 Å². The summed E-state index contributed by atoms with van der Waals surface area (Å²) in [5.41, 5.74) is 4.85. The Morgan fingerprint density at radius 2 is 1.95 bits per heavy atom. The Morgan fingerprint density at radius 1 is 1.24 bits per heavy atom. The second-order valence-electron chi connectivity index (χ2n) is 5.57. The number of aryl methyl sites for hydroxylation is 2. The molecule has 0 radical (unpaired) electrons. The summed E-state index contributed by atoms with van der Waals surface area (Å²) in [6, 6.07) is 8.50. The second kappa shape index (κ2) is 6.63. The molecule has 0 saturated carbocycles. The van der Waals surface area contributed by atoms with Gasteiger partial charge in [0.05, 0.1) is 5.69 Å². The average Bonchev–Trinajstić information content (AvgIpc) is 2.73. The van der Waals surface area contributed by atoms with Gasteiger partial charge in [-0.05, 0) is 52.3 Å². The number of rotatable bonds is 5. The predicted octanol–water partition coefficient (Wildman–Crippen LogP) is 4.59. The van der Waals surface area contributed by atoms with E-state index in [-0.39, 0.29) is 12.1 Å². The molecule has 1 N–H and O–H groups in total. The molecule has 1 heterocycles. The highest BCUT2D eigenvalue weighted by atomic mass is 35.5. The molecule has 0 aliphatic heterocycles. The maximum Gasteiger partial charge on any atom is 0.0644 e. The number of benzene rings is 1. The fourth-order valence-electron chi connectivity index (χ4n) is 2.98. The molecule has 0 aliphatic carbocycles. The number of aromatic nitrogens is 2. The van der Waals surface area contributed by atoms with Crippen molar-refractivity contribution in [2.75, 3.05) is 0 Å². The Morgan fingerprint density at radius 3 is 2.52 bits per heavy atom.